The second-order valence-electron chi connectivity index (χ2n) is 6.53. The maximum atomic E-state index is 6.36. The zero-order valence-corrected chi connectivity index (χ0v) is 15.9. The molecular weight excluding hydrogens is 372 g/mol. The van der Waals surface area contributed by atoms with E-state index in [4.69, 9.17) is 4.42 Å². The molecule has 1 heterocycles. The summed E-state index contributed by atoms with van der Waals surface area (Å²) in [6.07, 6.45) is 0.791. The normalized spacial score (nSPS) is 11.2. The summed E-state index contributed by atoms with van der Waals surface area (Å²) < 4.78 is 7.45. The minimum absolute atomic E-state index is 0.791. The maximum absolute atomic E-state index is 6.36. The lowest BCUT2D eigenvalue weighted by atomic mass is 9.97. The molecule has 4 aromatic rings. The highest BCUT2D eigenvalue weighted by Crippen LogP contribution is 2.38. The highest BCUT2D eigenvalue weighted by Gasteiger charge is 2.18. The number of hydrogen-bond acceptors (Lipinski definition) is 1. The molecule has 0 N–H and O–H groups in total. The van der Waals surface area contributed by atoms with Crippen molar-refractivity contribution in [2.75, 3.05) is 0 Å². The third-order valence-electron chi connectivity index (χ3n) is 4.53. The first-order valence-electron chi connectivity index (χ1n) is 8.44. The number of fused-ring (bicyclic) bond motifs is 1. The summed E-state index contributed by atoms with van der Waals surface area (Å²) in [6.45, 7) is 4.26. The Labute approximate surface area is 156 Å². The SMILES string of the molecule is Cc1cc(C)c2oc(Cc3ccccc3)c(-c3ccc(Br)cc3)c2c1. The molecule has 3 aromatic carbocycles. The summed E-state index contributed by atoms with van der Waals surface area (Å²) >= 11 is 3.53. The molecule has 0 aliphatic carbocycles. The molecule has 0 radical (unpaired) electrons. The van der Waals surface area contributed by atoms with Gasteiger partial charge in [-0.05, 0) is 54.3 Å². The lowest BCUT2D eigenvalue weighted by Gasteiger charge is -2.05. The molecule has 0 saturated heterocycles. The van der Waals surface area contributed by atoms with E-state index >= 15 is 0 Å². The van der Waals surface area contributed by atoms with Gasteiger partial charge in [-0.1, -0.05) is 64.5 Å². The third-order valence-corrected chi connectivity index (χ3v) is 5.06. The first-order valence-corrected chi connectivity index (χ1v) is 9.23. The van der Waals surface area contributed by atoms with E-state index in [1.165, 1.54) is 33.2 Å². The topological polar surface area (TPSA) is 13.1 Å². The highest BCUT2D eigenvalue weighted by atomic mass is 79.9. The molecule has 1 aromatic heterocycles. The zero-order chi connectivity index (χ0) is 17.4. The van der Waals surface area contributed by atoms with E-state index in [9.17, 15) is 0 Å². The molecule has 0 aliphatic heterocycles. The fraction of sp³-hybridized carbons (Fsp3) is 0.130. The highest BCUT2D eigenvalue weighted by molar-refractivity contribution is 9.10. The number of rotatable bonds is 3. The molecule has 0 aliphatic rings. The van der Waals surface area contributed by atoms with Crippen molar-refractivity contribution in [3.05, 3.63) is 93.7 Å². The summed E-state index contributed by atoms with van der Waals surface area (Å²) in [4.78, 5) is 0. The Kier molecular flexibility index (Phi) is 4.22. The van der Waals surface area contributed by atoms with Crippen LogP contribution in [0.2, 0.25) is 0 Å². The fourth-order valence-electron chi connectivity index (χ4n) is 3.44. The van der Waals surface area contributed by atoms with Gasteiger partial charge in [-0.3, -0.25) is 0 Å². The largest absolute Gasteiger partial charge is 0.460 e. The van der Waals surface area contributed by atoms with Gasteiger partial charge in [-0.2, -0.15) is 0 Å². The Bertz CT molecular complexity index is 1030. The molecule has 0 amide bonds. The molecule has 0 fully saturated rings. The van der Waals surface area contributed by atoms with Crippen LogP contribution in [0.15, 0.2) is 75.6 Å². The van der Waals surface area contributed by atoms with Crippen LogP contribution >= 0.6 is 15.9 Å². The average molecular weight is 391 g/mol. The molecule has 0 unspecified atom stereocenters. The first kappa shape index (κ1) is 16.2. The summed E-state index contributed by atoms with van der Waals surface area (Å²) in [7, 11) is 0. The third kappa shape index (κ3) is 3.14. The Balaban J connectivity index is 1.96. The fourth-order valence-corrected chi connectivity index (χ4v) is 3.70. The predicted octanol–water partition coefficient (Wildman–Crippen LogP) is 7.07. The van der Waals surface area contributed by atoms with Gasteiger partial charge in [-0.15, -0.1) is 0 Å². The molecule has 0 spiro atoms. The van der Waals surface area contributed by atoms with Crippen LogP contribution < -0.4 is 0 Å². The van der Waals surface area contributed by atoms with Crippen molar-refractivity contribution >= 4 is 26.9 Å². The maximum Gasteiger partial charge on any atom is 0.137 e. The van der Waals surface area contributed by atoms with E-state index in [1.807, 2.05) is 6.07 Å². The first-order chi connectivity index (χ1) is 12.1. The van der Waals surface area contributed by atoms with Gasteiger partial charge in [0.15, 0.2) is 0 Å². The van der Waals surface area contributed by atoms with Crippen molar-refractivity contribution in [1.29, 1.82) is 0 Å². The van der Waals surface area contributed by atoms with Crippen LogP contribution in [0.1, 0.15) is 22.5 Å². The van der Waals surface area contributed by atoms with E-state index in [-0.39, 0.29) is 0 Å². The van der Waals surface area contributed by atoms with Crippen LogP contribution in [0.5, 0.6) is 0 Å². The van der Waals surface area contributed by atoms with E-state index < -0.39 is 0 Å². The number of aryl methyl sites for hydroxylation is 2. The Morgan fingerprint density at radius 1 is 0.880 bits per heavy atom. The molecule has 0 bridgehead atoms. The van der Waals surface area contributed by atoms with Gasteiger partial charge >= 0.3 is 0 Å². The van der Waals surface area contributed by atoms with Crippen molar-refractivity contribution in [1.82, 2.24) is 0 Å². The molecule has 4 rings (SSSR count). The van der Waals surface area contributed by atoms with Crippen LogP contribution in [-0.4, -0.2) is 0 Å². The van der Waals surface area contributed by atoms with Crippen molar-refractivity contribution in [3.63, 3.8) is 0 Å². The van der Waals surface area contributed by atoms with Crippen molar-refractivity contribution < 1.29 is 4.42 Å². The minimum Gasteiger partial charge on any atom is -0.460 e. The van der Waals surface area contributed by atoms with Gasteiger partial charge in [0.05, 0.1) is 0 Å². The van der Waals surface area contributed by atoms with E-state index in [0.29, 0.717) is 0 Å². The molecule has 25 heavy (non-hydrogen) atoms. The summed E-state index contributed by atoms with van der Waals surface area (Å²) in [5.41, 5.74) is 7.10. The summed E-state index contributed by atoms with van der Waals surface area (Å²) in [5.74, 6) is 1.03. The minimum atomic E-state index is 0.791. The van der Waals surface area contributed by atoms with Gasteiger partial charge in [-0.25, -0.2) is 0 Å². The Morgan fingerprint density at radius 3 is 2.32 bits per heavy atom. The van der Waals surface area contributed by atoms with Crippen molar-refractivity contribution in [2.24, 2.45) is 0 Å². The van der Waals surface area contributed by atoms with Crippen molar-refractivity contribution in [3.8, 4) is 11.1 Å². The van der Waals surface area contributed by atoms with E-state index in [0.717, 1.165) is 22.2 Å². The predicted molar refractivity (Wildman–Crippen MR) is 108 cm³/mol. The molecule has 0 saturated carbocycles. The monoisotopic (exact) mass is 390 g/mol. The van der Waals surface area contributed by atoms with Crippen molar-refractivity contribution in [2.45, 2.75) is 20.3 Å². The summed E-state index contributed by atoms with van der Waals surface area (Å²) in [5, 5.41) is 1.20. The number of benzene rings is 3. The van der Waals surface area contributed by atoms with Gasteiger partial charge in [0.1, 0.15) is 11.3 Å². The van der Waals surface area contributed by atoms with Gasteiger partial charge in [0.2, 0.25) is 0 Å². The smallest absolute Gasteiger partial charge is 0.137 e. The second kappa shape index (κ2) is 6.53. The average Bonchev–Trinajstić information content (AvgIpc) is 2.95. The molecule has 2 heteroatoms. The van der Waals surface area contributed by atoms with Crippen LogP contribution in [0.25, 0.3) is 22.1 Å². The zero-order valence-electron chi connectivity index (χ0n) is 14.3. The Hall–Kier alpha value is -2.32. The molecule has 1 nitrogen and oxygen atoms in total. The second-order valence-corrected chi connectivity index (χ2v) is 7.44. The summed E-state index contributed by atoms with van der Waals surface area (Å²) in [6, 6.07) is 23.4. The number of hydrogen-bond donors (Lipinski definition) is 0. The van der Waals surface area contributed by atoms with Crippen LogP contribution in [0.4, 0.5) is 0 Å². The number of furan rings is 1. The molecule has 0 atom stereocenters. The van der Waals surface area contributed by atoms with Crippen LogP contribution in [0.3, 0.4) is 0 Å². The van der Waals surface area contributed by atoms with Crippen LogP contribution in [-0.2, 0) is 6.42 Å². The molecular formula is C23H19BrO. The lowest BCUT2D eigenvalue weighted by molar-refractivity contribution is 0.562. The van der Waals surface area contributed by atoms with Gasteiger partial charge in [0, 0.05) is 21.8 Å². The quantitative estimate of drug-likeness (QED) is 0.364. The van der Waals surface area contributed by atoms with E-state index in [2.05, 4.69) is 90.4 Å². The molecule has 124 valence electrons. The van der Waals surface area contributed by atoms with Gasteiger partial charge in [0.25, 0.3) is 0 Å². The lowest BCUT2D eigenvalue weighted by Crippen LogP contribution is -1.89. The number of halogens is 1. The standard InChI is InChI=1S/C23H19BrO/c1-15-12-16(2)23-20(13-15)22(18-8-10-19(24)11-9-18)21(25-23)14-17-6-4-3-5-7-17/h3-13H,14H2,1-2H3. The van der Waals surface area contributed by atoms with E-state index in [1.54, 1.807) is 0 Å². The Morgan fingerprint density at radius 2 is 1.60 bits per heavy atom. The van der Waals surface area contributed by atoms with Crippen LogP contribution in [0, 0.1) is 13.8 Å². The van der Waals surface area contributed by atoms with Gasteiger partial charge < -0.3 is 4.42 Å².